The molecular weight excluding hydrogens is 211 g/mol. The molecule has 1 fully saturated rings. The molecule has 0 saturated heterocycles. The molecular formula is C16H23F. The molecule has 0 N–H and O–H groups in total. The van der Waals surface area contributed by atoms with Gasteiger partial charge in [0.15, 0.2) is 0 Å². The first kappa shape index (κ1) is 12.6. The molecule has 1 aromatic rings. The molecule has 0 atom stereocenters. The van der Waals surface area contributed by atoms with Crippen LogP contribution in [0.2, 0.25) is 0 Å². The Balaban J connectivity index is 2.14. The van der Waals surface area contributed by atoms with E-state index in [2.05, 4.69) is 33.8 Å². The monoisotopic (exact) mass is 234 g/mol. The minimum absolute atomic E-state index is 0.0396. The quantitative estimate of drug-likeness (QED) is 0.701. The maximum atomic E-state index is 13.8. The molecule has 2 rings (SSSR count). The second-order valence-corrected chi connectivity index (χ2v) is 6.87. The van der Waals surface area contributed by atoms with Crippen molar-refractivity contribution in [1.82, 2.24) is 0 Å². The van der Waals surface area contributed by atoms with Crippen molar-refractivity contribution in [3.05, 3.63) is 35.1 Å². The van der Waals surface area contributed by atoms with Gasteiger partial charge in [0.2, 0.25) is 0 Å². The Kier molecular flexibility index (Phi) is 3.05. The summed E-state index contributed by atoms with van der Waals surface area (Å²) in [6.07, 6.45) is 4.63. The van der Waals surface area contributed by atoms with Gasteiger partial charge in [-0.15, -0.1) is 0 Å². The first-order valence-corrected chi connectivity index (χ1v) is 6.59. The normalized spacial score (nSPS) is 18.2. The maximum absolute atomic E-state index is 13.8. The van der Waals surface area contributed by atoms with Gasteiger partial charge in [-0.25, -0.2) is 4.39 Å². The lowest BCUT2D eigenvalue weighted by atomic mass is 9.85. The standard InChI is InChI=1S/C16H23F/c1-15(2,3)13-5-6-14(17)12(11-13)7-8-16(4)9-10-16/h5-6,11H,7-10H2,1-4H3. The average molecular weight is 234 g/mol. The molecule has 0 unspecified atom stereocenters. The van der Waals surface area contributed by atoms with Crippen molar-refractivity contribution < 1.29 is 4.39 Å². The van der Waals surface area contributed by atoms with Gasteiger partial charge >= 0.3 is 0 Å². The van der Waals surface area contributed by atoms with E-state index in [1.165, 1.54) is 18.4 Å². The Morgan fingerprint density at radius 1 is 1.24 bits per heavy atom. The Labute approximate surface area is 104 Å². The number of hydrogen-bond donors (Lipinski definition) is 0. The molecule has 1 aromatic carbocycles. The fourth-order valence-electron chi connectivity index (χ4n) is 2.13. The zero-order valence-electron chi connectivity index (χ0n) is 11.4. The highest BCUT2D eigenvalue weighted by Gasteiger charge is 2.36. The highest BCUT2D eigenvalue weighted by molar-refractivity contribution is 5.30. The molecule has 17 heavy (non-hydrogen) atoms. The summed E-state index contributed by atoms with van der Waals surface area (Å²) in [5, 5.41) is 0. The van der Waals surface area contributed by atoms with E-state index in [4.69, 9.17) is 0 Å². The molecule has 1 aliphatic carbocycles. The summed E-state index contributed by atoms with van der Waals surface area (Å²) in [6.45, 7) is 8.82. The van der Waals surface area contributed by atoms with Crippen molar-refractivity contribution in [2.75, 3.05) is 0 Å². The van der Waals surface area contributed by atoms with E-state index in [1.807, 2.05) is 6.07 Å². The van der Waals surface area contributed by atoms with E-state index < -0.39 is 0 Å². The van der Waals surface area contributed by atoms with E-state index >= 15 is 0 Å². The first-order valence-electron chi connectivity index (χ1n) is 6.59. The van der Waals surface area contributed by atoms with Crippen molar-refractivity contribution in [2.24, 2.45) is 5.41 Å². The molecule has 0 bridgehead atoms. The van der Waals surface area contributed by atoms with Crippen molar-refractivity contribution in [3.63, 3.8) is 0 Å². The first-order chi connectivity index (χ1) is 7.80. The number of halogens is 1. The Morgan fingerprint density at radius 3 is 2.41 bits per heavy atom. The lowest BCUT2D eigenvalue weighted by molar-refractivity contribution is 0.504. The zero-order valence-corrected chi connectivity index (χ0v) is 11.4. The summed E-state index contributed by atoms with van der Waals surface area (Å²) >= 11 is 0. The zero-order chi connectivity index (χ0) is 12.7. The van der Waals surface area contributed by atoms with Crippen LogP contribution in [0.15, 0.2) is 18.2 Å². The molecule has 0 aliphatic heterocycles. The predicted octanol–water partition coefficient (Wildman–Crippen LogP) is 4.86. The molecule has 1 saturated carbocycles. The summed E-state index contributed by atoms with van der Waals surface area (Å²) in [7, 11) is 0. The van der Waals surface area contributed by atoms with Gasteiger partial charge in [0.1, 0.15) is 5.82 Å². The van der Waals surface area contributed by atoms with Crippen LogP contribution in [0.1, 0.15) is 58.1 Å². The van der Waals surface area contributed by atoms with E-state index in [-0.39, 0.29) is 11.2 Å². The molecule has 1 heteroatoms. The SMILES string of the molecule is CC1(CCc2cc(C(C)(C)C)ccc2F)CC1. The van der Waals surface area contributed by atoms with Crippen LogP contribution in [-0.4, -0.2) is 0 Å². The van der Waals surface area contributed by atoms with E-state index in [0.717, 1.165) is 18.4 Å². The molecule has 1 aliphatic rings. The lowest BCUT2D eigenvalue weighted by Gasteiger charge is -2.20. The van der Waals surface area contributed by atoms with Gasteiger partial charge in [-0.3, -0.25) is 0 Å². The summed E-state index contributed by atoms with van der Waals surface area (Å²) < 4.78 is 13.8. The van der Waals surface area contributed by atoms with Crippen molar-refractivity contribution in [3.8, 4) is 0 Å². The molecule has 0 aromatic heterocycles. The summed E-state index contributed by atoms with van der Waals surface area (Å²) in [6, 6.07) is 5.60. The van der Waals surface area contributed by atoms with Crippen LogP contribution in [0.4, 0.5) is 4.39 Å². The molecule has 0 radical (unpaired) electrons. The second kappa shape index (κ2) is 4.12. The minimum atomic E-state index is -0.0396. The van der Waals surface area contributed by atoms with Crippen molar-refractivity contribution in [2.45, 2.75) is 58.8 Å². The Morgan fingerprint density at radius 2 is 1.88 bits per heavy atom. The minimum Gasteiger partial charge on any atom is -0.207 e. The molecule has 0 amide bonds. The largest absolute Gasteiger partial charge is 0.207 e. The number of rotatable bonds is 3. The highest BCUT2D eigenvalue weighted by Crippen LogP contribution is 2.48. The van der Waals surface area contributed by atoms with Gasteiger partial charge in [0.25, 0.3) is 0 Å². The average Bonchev–Trinajstić information content (AvgIpc) is 2.94. The van der Waals surface area contributed by atoms with Crippen molar-refractivity contribution >= 4 is 0 Å². The third-order valence-corrected chi connectivity index (χ3v) is 4.01. The van der Waals surface area contributed by atoms with Crippen LogP contribution in [0.5, 0.6) is 0 Å². The summed E-state index contributed by atoms with van der Waals surface area (Å²) in [4.78, 5) is 0. The maximum Gasteiger partial charge on any atom is 0.126 e. The number of aryl methyl sites for hydroxylation is 1. The van der Waals surface area contributed by atoms with E-state index in [9.17, 15) is 4.39 Å². The number of hydrogen-bond acceptors (Lipinski definition) is 0. The van der Waals surface area contributed by atoms with Gasteiger partial charge in [-0.05, 0) is 53.7 Å². The highest BCUT2D eigenvalue weighted by atomic mass is 19.1. The fourth-order valence-corrected chi connectivity index (χ4v) is 2.13. The van der Waals surface area contributed by atoms with Gasteiger partial charge in [0.05, 0.1) is 0 Å². The molecule has 94 valence electrons. The van der Waals surface area contributed by atoms with Crippen LogP contribution in [0, 0.1) is 11.2 Å². The van der Waals surface area contributed by atoms with Crippen molar-refractivity contribution in [1.29, 1.82) is 0 Å². The summed E-state index contributed by atoms with van der Waals surface area (Å²) in [5.41, 5.74) is 2.73. The molecule has 0 spiro atoms. The lowest BCUT2D eigenvalue weighted by Crippen LogP contribution is -2.12. The second-order valence-electron chi connectivity index (χ2n) is 6.87. The van der Waals surface area contributed by atoms with Crippen LogP contribution in [-0.2, 0) is 11.8 Å². The third-order valence-electron chi connectivity index (χ3n) is 4.01. The van der Waals surface area contributed by atoms with Gasteiger partial charge in [-0.2, -0.15) is 0 Å². The van der Waals surface area contributed by atoms with Gasteiger partial charge < -0.3 is 0 Å². The van der Waals surface area contributed by atoms with Gasteiger partial charge in [0, 0.05) is 0 Å². The van der Waals surface area contributed by atoms with Crippen LogP contribution < -0.4 is 0 Å². The van der Waals surface area contributed by atoms with E-state index in [0.29, 0.717) is 5.41 Å². The van der Waals surface area contributed by atoms with Crippen LogP contribution in [0.3, 0.4) is 0 Å². The van der Waals surface area contributed by atoms with Crippen LogP contribution in [0.25, 0.3) is 0 Å². The summed E-state index contributed by atoms with van der Waals surface area (Å²) in [5.74, 6) is -0.0396. The Bertz CT molecular complexity index is 408. The third kappa shape index (κ3) is 3.08. The molecule has 0 nitrogen and oxygen atoms in total. The predicted molar refractivity (Wildman–Crippen MR) is 70.8 cm³/mol. The van der Waals surface area contributed by atoms with Crippen LogP contribution >= 0.6 is 0 Å². The topological polar surface area (TPSA) is 0 Å². The fraction of sp³-hybridized carbons (Fsp3) is 0.625. The Hall–Kier alpha value is -0.850. The molecule has 0 heterocycles. The smallest absolute Gasteiger partial charge is 0.126 e. The van der Waals surface area contributed by atoms with Gasteiger partial charge in [-0.1, -0.05) is 39.8 Å². The number of benzene rings is 1. The van der Waals surface area contributed by atoms with E-state index in [1.54, 1.807) is 6.07 Å².